The molecule has 0 saturated heterocycles. The number of benzene rings is 1. The number of carbonyl (C=O) groups is 2. The highest BCUT2D eigenvalue weighted by atomic mass is 32.2. The average molecular weight is 413 g/mol. The maximum Gasteiger partial charge on any atom is 0.303 e. The second-order valence-electron chi connectivity index (χ2n) is 6.61. The Kier molecular flexibility index (Phi) is 14.0. The van der Waals surface area contributed by atoms with Gasteiger partial charge in [-0.15, -0.1) is 23.5 Å². The molecule has 0 unspecified atom stereocenters. The summed E-state index contributed by atoms with van der Waals surface area (Å²) in [7, 11) is 0. The monoisotopic (exact) mass is 412 g/mol. The summed E-state index contributed by atoms with van der Waals surface area (Å²) in [5, 5.41) is 17.3. The van der Waals surface area contributed by atoms with Crippen LogP contribution in [0.3, 0.4) is 0 Å². The number of rotatable bonds is 17. The van der Waals surface area contributed by atoms with Crippen LogP contribution in [0.5, 0.6) is 0 Å². The molecule has 0 spiro atoms. The van der Waals surface area contributed by atoms with Crippen molar-refractivity contribution in [1.82, 2.24) is 0 Å². The summed E-state index contributed by atoms with van der Waals surface area (Å²) in [4.78, 5) is 23.6. The van der Waals surface area contributed by atoms with Crippen LogP contribution in [-0.4, -0.2) is 33.7 Å². The number of carboxylic acid groups (broad SMARTS) is 2. The Balaban J connectivity index is 2.06. The fourth-order valence-corrected chi connectivity index (χ4v) is 4.92. The molecule has 0 aliphatic rings. The zero-order chi connectivity index (χ0) is 19.7. The third-order valence-corrected chi connectivity index (χ3v) is 6.63. The quantitative estimate of drug-likeness (QED) is 0.230. The molecule has 0 bridgehead atoms. The highest BCUT2D eigenvalue weighted by molar-refractivity contribution is 8.02. The zero-order valence-corrected chi connectivity index (χ0v) is 17.7. The van der Waals surface area contributed by atoms with Crippen LogP contribution in [-0.2, 0) is 9.59 Å². The summed E-state index contributed by atoms with van der Waals surface area (Å²) < 4.78 is 0. The second kappa shape index (κ2) is 15.9. The standard InChI is InChI=1S/C21H32O4S2/c22-20(23)14-7-5-3-1-2-4-6-10-16-26-18-12-8-9-13-19(18)27-17-11-15-21(24)25/h8-9,12-13H,1-7,10-11,14-17H2,(H,22,23)(H,24,25). The third-order valence-electron chi connectivity index (χ3n) is 4.18. The van der Waals surface area contributed by atoms with Gasteiger partial charge < -0.3 is 10.2 Å². The third kappa shape index (κ3) is 13.6. The number of thioether (sulfide) groups is 2. The van der Waals surface area contributed by atoms with Crippen LogP contribution in [0, 0.1) is 0 Å². The first-order valence-corrected chi connectivity index (χ1v) is 11.8. The molecule has 0 atom stereocenters. The number of hydrogen-bond acceptors (Lipinski definition) is 4. The van der Waals surface area contributed by atoms with E-state index in [2.05, 4.69) is 18.2 Å². The van der Waals surface area contributed by atoms with Gasteiger partial charge >= 0.3 is 11.9 Å². The summed E-state index contributed by atoms with van der Waals surface area (Å²) in [5.41, 5.74) is 0. The first-order valence-electron chi connectivity index (χ1n) is 9.88. The Morgan fingerprint density at radius 3 is 1.56 bits per heavy atom. The van der Waals surface area contributed by atoms with Gasteiger partial charge in [-0.3, -0.25) is 9.59 Å². The van der Waals surface area contributed by atoms with Crippen LogP contribution in [0.4, 0.5) is 0 Å². The molecule has 27 heavy (non-hydrogen) atoms. The fraction of sp³-hybridized carbons (Fsp3) is 0.619. The van der Waals surface area contributed by atoms with Crippen LogP contribution in [0.1, 0.15) is 70.6 Å². The van der Waals surface area contributed by atoms with Crippen molar-refractivity contribution >= 4 is 35.5 Å². The maximum atomic E-state index is 10.6. The molecule has 4 nitrogen and oxygen atoms in total. The molecule has 0 saturated carbocycles. The fourth-order valence-electron chi connectivity index (χ4n) is 2.72. The molecule has 6 heteroatoms. The smallest absolute Gasteiger partial charge is 0.303 e. The van der Waals surface area contributed by atoms with Crippen LogP contribution in [0.2, 0.25) is 0 Å². The van der Waals surface area contributed by atoms with E-state index in [9.17, 15) is 9.59 Å². The van der Waals surface area contributed by atoms with Crippen LogP contribution < -0.4 is 0 Å². The van der Waals surface area contributed by atoms with E-state index in [-0.39, 0.29) is 6.42 Å². The van der Waals surface area contributed by atoms with E-state index in [1.165, 1.54) is 41.9 Å². The maximum absolute atomic E-state index is 10.6. The van der Waals surface area contributed by atoms with E-state index >= 15 is 0 Å². The summed E-state index contributed by atoms with van der Waals surface area (Å²) >= 11 is 3.65. The van der Waals surface area contributed by atoms with E-state index in [0.29, 0.717) is 12.8 Å². The lowest BCUT2D eigenvalue weighted by atomic mass is 10.1. The Hall–Kier alpha value is -1.14. The van der Waals surface area contributed by atoms with Gasteiger partial charge in [-0.1, -0.05) is 50.7 Å². The molecule has 0 amide bonds. The molecule has 1 rings (SSSR count). The topological polar surface area (TPSA) is 74.6 Å². The SMILES string of the molecule is O=C(O)CCCCCCCCCCSc1ccccc1SCCCC(=O)O. The highest BCUT2D eigenvalue weighted by Gasteiger charge is 2.04. The second-order valence-corrected chi connectivity index (χ2v) is 8.89. The molecule has 0 aliphatic heterocycles. The number of unbranched alkanes of at least 4 members (excludes halogenated alkanes) is 7. The van der Waals surface area contributed by atoms with Crippen LogP contribution >= 0.6 is 23.5 Å². The molecule has 1 aromatic rings. The largest absolute Gasteiger partial charge is 0.481 e. The Morgan fingerprint density at radius 1 is 0.630 bits per heavy atom. The summed E-state index contributed by atoms with van der Waals surface area (Å²) in [6.07, 6.45) is 10.4. The van der Waals surface area contributed by atoms with Gasteiger partial charge in [0, 0.05) is 22.6 Å². The van der Waals surface area contributed by atoms with Crippen molar-refractivity contribution in [3.63, 3.8) is 0 Å². The van der Waals surface area contributed by atoms with Gasteiger partial charge in [-0.25, -0.2) is 0 Å². The summed E-state index contributed by atoms with van der Waals surface area (Å²) in [6, 6.07) is 8.38. The van der Waals surface area contributed by atoms with Crippen molar-refractivity contribution in [2.24, 2.45) is 0 Å². The highest BCUT2D eigenvalue weighted by Crippen LogP contribution is 2.32. The molecular formula is C21H32O4S2. The molecule has 1 aromatic carbocycles. The Labute approximate surface area is 171 Å². The number of carboxylic acids is 2. The molecule has 0 radical (unpaired) electrons. The van der Waals surface area contributed by atoms with Gasteiger partial charge in [-0.05, 0) is 42.9 Å². The van der Waals surface area contributed by atoms with Crippen molar-refractivity contribution in [2.75, 3.05) is 11.5 Å². The van der Waals surface area contributed by atoms with Gasteiger partial charge in [0.25, 0.3) is 0 Å². The molecule has 0 heterocycles. The lowest BCUT2D eigenvalue weighted by molar-refractivity contribution is -0.138. The molecule has 2 N–H and O–H groups in total. The van der Waals surface area contributed by atoms with E-state index in [1.54, 1.807) is 11.8 Å². The predicted molar refractivity (Wildman–Crippen MR) is 114 cm³/mol. The van der Waals surface area contributed by atoms with Gasteiger partial charge in [0.15, 0.2) is 0 Å². The van der Waals surface area contributed by atoms with Crippen LogP contribution in [0.25, 0.3) is 0 Å². The zero-order valence-electron chi connectivity index (χ0n) is 16.0. The molecule has 0 aliphatic carbocycles. The first-order chi connectivity index (χ1) is 13.1. The predicted octanol–water partition coefficient (Wildman–Crippen LogP) is 6.33. The average Bonchev–Trinajstić information content (AvgIpc) is 2.63. The minimum Gasteiger partial charge on any atom is -0.481 e. The molecule has 0 fully saturated rings. The Morgan fingerprint density at radius 2 is 1.04 bits per heavy atom. The lowest BCUT2D eigenvalue weighted by Crippen LogP contribution is -1.95. The lowest BCUT2D eigenvalue weighted by Gasteiger charge is -2.08. The van der Waals surface area contributed by atoms with E-state index in [1.807, 2.05) is 17.8 Å². The minimum absolute atomic E-state index is 0.238. The number of hydrogen-bond donors (Lipinski definition) is 2. The van der Waals surface area contributed by atoms with Gasteiger partial charge in [0.05, 0.1) is 0 Å². The van der Waals surface area contributed by atoms with Crippen molar-refractivity contribution in [3.05, 3.63) is 24.3 Å². The molecular weight excluding hydrogens is 380 g/mol. The van der Waals surface area contributed by atoms with Crippen molar-refractivity contribution in [1.29, 1.82) is 0 Å². The summed E-state index contributed by atoms with van der Waals surface area (Å²) in [5.74, 6) is 0.549. The van der Waals surface area contributed by atoms with Crippen molar-refractivity contribution in [3.8, 4) is 0 Å². The minimum atomic E-state index is -0.724. The van der Waals surface area contributed by atoms with Crippen molar-refractivity contribution < 1.29 is 19.8 Å². The number of aliphatic carboxylic acids is 2. The van der Waals surface area contributed by atoms with Crippen molar-refractivity contribution in [2.45, 2.75) is 80.4 Å². The van der Waals surface area contributed by atoms with Crippen LogP contribution in [0.15, 0.2) is 34.1 Å². The molecule has 0 aromatic heterocycles. The van der Waals surface area contributed by atoms with Gasteiger partial charge in [-0.2, -0.15) is 0 Å². The van der Waals surface area contributed by atoms with E-state index in [0.717, 1.165) is 30.8 Å². The Bertz CT molecular complexity index is 549. The van der Waals surface area contributed by atoms with E-state index < -0.39 is 11.9 Å². The van der Waals surface area contributed by atoms with Gasteiger partial charge in [0.2, 0.25) is 0 Å². The summed E-state index contributed by atoms with van der Waals surface area (Å²) in [6.45, 7) is 0. The van der Waals surface area contributed by atoms with E-state index in [4.69, 9.17) is 10.2 Å². The van der Waals surface area contributed by atoms with Gasteiger partial charge in [0.1, 0.15) is 0 Å². The first kappa shape index (κ1) is 23.9. The normalized spacial score (nSPS) is 10.8. The molecule has 152 valence electrons.